The lowest BCUT2D eigenvalue weighted by molar-refractivity contribution is -0.144. The molecule has 5 heteroatoms. The minimum Gasteiger partial charge on any atom is -0.466 e. The zero-order valence-electron chi connectivity index (χ0n) is 22.4. The smallest absolute Gasteiger partial charge is 0.305 e. The van der Waals surface area contributed by atoms with Gasteiger partial charge in [-0.1, -0.05) is 69.8 Å². The molecule has 200 valence electrons. The molecule has 0 aliphatic heterocycles. The molecule has 0 amide bonds. The van der Waals surface area contributed by atoms with Gasteiger partial charge in [-0.2, -0.15) is 0 Å². The normalized spacial score (nSPS) is 11.9. The number of unbranched alkanes of at least 4 members (excludes halogenated alkanes) is 10. The molecular formula is C29H56N2O3. The van der Waals surface area contributed by atoms with E-state index in [0.717, 1.165) is 71.1 Å². The number of rotatable bonds is 26. The average molecular weight is 481 g/mol. The number of hydrogen-bond donors (Lipinski definition) is 2. The number of hydrogen-bond acceptors (Lipinski definition) is 5. The van der Waals surface area contributed by atoms with E-state index in [1.165, 1.54) is 57.8 Å². The van der Waals surface area contributed by atoms with Crippen LogP contribution < -0.4 is 5.73 Å². The summed E-state index contributed by atoms with van der Waals surface area (Å²) in [6.45, 7) is 6.47. The van der Waals surface area contributed by atoms with Crippen LogP contribution >= 0.6 is 0 Å². The molecule has 0 radical (unpaired) electrons. The van der Waals surface area contributed by atoms with Gasteiger partial charge in [0.15, 0.2) is 0 Å². The lowest BCUT2D eigenvalue weighted by Crippen LogP contribution is -2.28. The first-order chi connectivity index (χ1) is 16.7. The lowest BCUT2D eigenvalue weighted by atomic mass is 10.1. The van der Waals surface area contributed by atoms with E-state index >= 15 is 0 Å². The summed E-state index contributed by atoms with van der Waals surface area (Å²) >= 11 is 0. The van der Waals surface area contributed by atoms with Crippen LogP contribution in [0, 0.1) is 0 Å². The first-order valence-electron chi connectivity index (χ1n) is 14.2. The molecule has 5 nitrogen and oxygen atoms in total. The van der Waals surface area contributed by atoms with Crippen molar-refractivity contribution in [2.75, 3.05) is 39.4 Å². The van der Waals surface area contributed by atoms with E-state index in [2.05, 4.69) is 36.1 Å². The van der Waals surface area contributed by atoms with Gasteiger partial charge in [0.2, 0.25) is 0 Å². The Hall–Kier alpha value is -1.17. The molecule has 34 heavy (non-hydrogen) atoms. The number of carbonyl (C=O) groups excluding carboxylic acids is 1. The maximum absolute atomic E-state index is 12.0. The molecule has 0 bridgehead atoms. The number of aliphatic hydroxyl groups excluding tert-OH is 1. The van der Waals surface area contributed by atoms with E-state index in [0.29, 0.717) is 13.0 Å². The number of esters is 1. The van der Waals surface area contributed by atoms with Gasteiger partial charge in [0.25, 0.3) is 0 Å². The van der Waals surface area contributed by atoms with Gasteiger partial charge in [0, 0.05) is 19.6 Å². The Labute approximate surface area is 211 Å². The molecule has 0 heterocycles. The molecule has 0 saturated heterocycles. The van der Waals surface area contributed by atoms with Crippen LogP contribution in [0.4, 0.5) is 0 Å². The Kier molecular flexibility index (Phi) is 27.1. The summed E-state index contributed by atoms with van der Waals surface area (Å²) in [5.74, 6) is -0.0772. The monoisotopic (exact) mass is 480 g/mol. The molecule has 0 aromatic carbocycles. The number of nitrogens with two attached hydrogens (primary N) is 1. The summed E-state index contributed by atoms with van der Waals surface area (Å²) in [5, 5.41) is 9.05. The van der Waals surface area contributed by atoms with E-state index in [-0.39, 0.29) is 12.6 Å². The van der Waals surface area contributed by atoms with Crippen LogP contribution in [-0.4, -0.2) is 55.4 Å². The zero-order chi connectivity index (χ0) is 25.0. The Morgan fingerprint density at radius 1 is 0.765 bits per heavy atom. The van der Waals surface area contributed by atoms with Crippen LogP contribution in [0.5, 0.6) is 0 Å². The fourth-order valence-corrected chi connectivity index (χ4v) is 3.90. The van der Waals surface area contributed by atoms with Gasteiger partial charge < -0.3 is 20.5 Å². The van der Waals surface area contributed by atoms with E-state index < -0.39 is 0 Å². The second-order valence-corrected chi connectivity index (χ2v) is 9.32. The molecule has 0 unspecified atom stereocenters. The SMILES string of the molecule is CCCCCC=CCC=CCCCCCCCCOC(=O)CCCN(CCCO)CCCCN. The maximum atomic E-state index is 12.0. The Morgan fingerprint density at radius 3 is 2.06 bits per heavy atom. The molecule has 3 N–H and O–H groups in total. The fraction of sp³-hybridized carbons (Fsp3) is 0.828. The first-order valence-corrected chi connectivity index (χ1v) is 14.2. The molecule has 0 aromatic rings. The molecule has 0 spiro atoms. The third-order valence-corrected chi connectivity index (χ3v) is 6.02. The molecule has 0 aliphatic rings. The summed E-state index contributed by atoms with van der Waals surface area (Å²) in [7, 11) is 0. The zero-order valence-corrected chi connectivity index (χ0v) is 22.4. The average Bonchev–Trinajstić information content (AvgIpc) is 2.84. The highest BCUT2D eigenvalue weighted by Gasteiger charge is 2.07. The summed E-state index contributed by atoms with van der Waals surface area (Å²) in [5.41, 5.74) is 5.57. The standard InChI is InChI=1S/C29H56N2O3/c1-2-3-4-5-6-7-8-9-10-11-12-13-14-15-16-19-28-34-29(33)22-20-25-31(26-21-27-32)24-18-17-23-30/h6-7,9-10,32H,2-5,8,11-28,30H2,1H3. The fourth-order valence-electron chi connectivity index (χ4n) is 3.90. The second kappa shape index (κ2) is 28.1. The number of aliphatic hydroxyl groups is 1. The van der Waals surface area contributed by atoms with Crippen molar-refractivity contribution < 1.29 is 14.6 Å². The highest BCUT2D eigenvalue weighted by atomic mass is 16.5. The van der Waals surface area contributed by atoms with Crippen LogP contribution in [0.15, 0.2) is 24.3 Å². The molecule has 0 rings (SSSR count). The number of carbonyl (C=O) groups is 1. The van der Waals surface area contributed by atoms with Crippen LogP contribution in [0.25, 0.3) is 0 Å². The summed E-state index contributed by atoms with van der Waals surface area (Å²) < 4.78 is 5.39. The van der Waals surface area contributed by atoms with Gasteiger partial charge in [-0.15, -0.1) is 0 Å². The number of allylic oxidation sites excluding steroid dienone is 4. The van der Waals surface area contributed by atoms with Gasteiger partial charge in [0.05, 0.1) is 6.61 Å². The Balaban J connectivity index is 3.50. The van der Waals surface area contributed by atoms with Crippen LogP contribution in [0.1, 0.15) is 116 Å². The minimum atomic E-state index is -0.0772. The molecule has 0 atom stereocenters. The van der Waals surface area contributed by atoms with Gasteiger partial charge in [-0.25, -0.2) is 0 Å². The van der Waals surface area contributed by atoms with Crippen molar-refractivity contribution in [1.29, 1.82) is 0 Å². The lowest BCUT2D eigenvalue weighted by Gasteiger charge is -2.21. The van der Waals surface area contributed by atoms with Gasteiger partial charge >= 0.3 is 5.97 Å². The van der Waals surface area contributed by atoms with Crippen molar-refractivity contribution in [2.24, 2.45) is 5.73 Å². The predicted molar refractivity (Wildman–Crippen MR) is 146 cm³/mol. The van der Waals surface area contributed by atoms with Gasteiger partial charge in [-0.3, -0.25) is 4.79 Å². The van der Waals surface area contributed by atoms with E-state index in [1.807, 2.05) is 0 Å². The van der Waals surface area contributed by atoms with Crippen molar-refractivity contribution in [3.63, 3.8) is 0 Å². The van der Waals surface area contributed by atoms with Gasteiger partial charge in [0.1, 0.15) is 0 Å². The van der Waals surface area contributed by atoms with Crippen LogP contribution in [-0.2, 0) is 9.53 Å². The Morgan fingerprint density at radius 2 is 1.38 bits per heavy atom. The van der Waals surface area contributed by atoms with Crippen LogP contribution in [0.2, 0.25) is 0 Å². The summed E-state index contributed by atoms with van der Waals surface area (Å²) in [6, 6.07) is 0. The minimum absolute atomic E-state index is 0.0772. The molecular weight excluding hydrogens is 424 g/mol. The highest BCUT2D eigenvalue weighted by Crippen LogP contribution is 2.09. The van der Waals surface area contributed by atoms with Crippen molar-refractivity contribution in [3.05, 3.63) is 24.3 Å². The predicted octanol–water partition coefficient (Wildman–Crippen LogP) is 6.55. The molecule has 0 aromatic heterocycles. The largest absolute Gasteiger partial charge is 0.466 e. The van der Waals surface area contributed by atoms with Gasteiger partial charge in [-0.05, 0) is 83.8 Å². The summed E-state index contributed by atoms with van der Waals surface area (Å²) in [6.07, 6.45) is 28.0. The first kappa shape index (κ1) is 32.8. The van der Waals surface area contributed by atoms with E-state index in [9.17, 15) is 4.79 Å². The van der Waals surface area contributed by atoms with E-state index in [4.69, 9.17) is 15.6 Å². The topological polar surface area (TPSA) is 75.8 Å². The highest BCUT2D eigenvalue weighted by molar-refractivity contribution is 5.69. The molecule has 0 fully saturated rings. The number of nitrogens with zero attached hydrogens (tertiary/aromatic N) is 1. The number of ether oxygens (including phenoxy) is 1. The van der Waals surface area contributed by atoms with E-state index in [1.54, 1.807) is 0 Å². The van der Waals surface area contributed by atoms with Crippen molar-refractivity contribution >= 4 is 5.97 Å². The second-order valence-electron chi connectivity index (χ2n) is 9.32. The third-order valence-electron chi connectivity index (χ3n) is 6.02. The van der Waals surface area contributed by atoms with Crippen molar-refractivity contribution in [2.45, 2.75) is 116 Å². The van der Waals surface area contributed by atoms with Crippen molar-refractivity contribution in [3.8, 4) is 0 Å². The molecule has 0 aliphatic carbocycles. The van der Waals surface area contributed by atoms with Crippen molar-refractivity contribution in [1.82, 2.24) is 4.90 Å². The van der Waals surface area contributed by atoms with Crippen LogP contribution in [0.3, 0.4) is 0 Å². The summed E-state index contributed by atoms with van der Waals surface area (Å²) in [4.78, 5) is 14.3. The quantitative estimate of drug-likeness (QED) is 0.0834. The Bertz CT molecular complexity index is 480. The third kappa shape index (κ3) is 25.5. The maximum Gasteiger partial charge on any atom is 0.305 e. The molecule has 0 saturated carbocycles.